The van der Waals surface area contributed by atoms with E-state index in [1.807, 2.05) is 11.0 Å². The summed E-state index contributed by atoms with van der Waals surface area (Å²) in [5, 5.41) is 20.5. The molecule has 0 bridgehead atoms. The number of rotatable bonds is 9. The smallest absolute Gasteiger partial charge is 0.269 e. The first-order valence-corrected chi connectivity index (χ1v) is 21.1. The van der Waals surface area contributed by atoms with Crippen LogP contribution < -0.4 is 25.6 Å². The number of carbonyl (C=O) groups excluding carboxylic acids is 5. The Morgan fingerprint density at radius 3 is 2.25 bits per heavy atom. The van der Waals surface area contributed by atoms with Crippen molar-refractivity contribution in [2.45, 2.75) is 69.4 Å². The van der Waals surface area contributed by atoms with Crippen LogP contribution in [0.15, 0.2) is 36.4 Å². The fraction of sp³-hybridized carbons (Fsp3) is 0.488. The molecule has 60 heavy (non-hydrogen) atoms. The zero-order valence-electron chi connectivity index (χ0n) is 32.9. The Morgan fingerprint density at radius 1 is 0.900 bits per heavy atom. The SMILES string of the molecule is N#Cc1ccc(OC2CCC(c3cc(N4CCC(CN5CC6CN(c7cc8c(cc7F)C(=O)N(C7CCC(=O)NC7=O)C8=O)CC6C5)CC4)nnc3C(N)=O)CC2)cc1Cl. The molecule has 1 aromatic heterocycles. The van der Waals surface area contributed by atoms with Crippen LogP contribution in [0.2, 0.25) is 5.02 Å². The van der Waals surface area contributed by atoms with Crippen molar-refractivity contribution < 1.29 is 33.1 Å². The lowest BCUT2D eigenvalue weighted by Crippen LogP contribution is -2.54. The highest BCUT2D eigenvalue weighted by molar-refractivity contribution is 6.31. The fourth-order valence-electron chi connectivity index (χ4n) is 10.3. The minimum atomic E-state index is -1.10. The lowest BCUT2D eigenvalue weighted by molar-refractivity contribution is -0.136. The maximum atomic E-state index is 15.6. The van der Waals surface area contributed by atoms with Crippen LogP contribution in [0, 0.1) is 34.9 Å². The van der Waals surface area contributed by atoms with E-state index in [0.717, 1.165) is 93.6 Å². The number of hydrogen-bond acceptors (Lipinski definition) is 12. The molecule has 3 unspecified atom stereocenters. The van der Waals surface area contributed by atoms with Crippen molar-refractivity contribution in [2.24, 2.45) is 23.5 Å². The van der Waals surface area contributed by atoms with E-state index in [1.54, 1.807) is 18.2 Å². The number of likely N-dealkylation sites (tertiary alicyclic amines) is 1. The number of anilines is 2. The van der Waals surface area contributed by atoms with Crippen LogP contribution in [0.5, 0.6) is 5.75 Å². The van der Waals surface area contributed by atoms with Crippen LogP contribution in [-0.2, 0) is 9.59 Å². The molecule has 6 aliphatic rings. The highest BCUT2D eigenvalue weighted by Gasteiger charge is 2.47. The van der Waals surface area contributed by atoms with Crippen LogP contribution >= 0.6 is 11.6 Å². The van der Waals surface area contributed by atoms with Crippen molar-refractivity contribution >= 4 is 52.6 Å². The van der Waals surface area contributed by atoms with Gasteiger partial charge in [-0.15, -0.1) is 10.2 Å². The van der Waals surface area contributed by atoms with Gasteiger partial charge in [0.2, 0.25) is 11.8 Å². The number of piperidine rings is 2. The van der Waals surface area contributed by atoms with E-state index < -0.39 is 41.4 Å². The van der Waals surface area contributed by atoms with Gasteiger partial charge in [0, 0.05) is 58.3 Å². The molecule has 6 heterocycles. The van der Waals surface area contributed by atoms with Crippen molar-refractivity contribution in [3.8, 4) is 11.8 Å². The number of nitrogens with zero attached hydrogens (tertiary/aromatic N) is 7. The predicted octanol–water partition coefficient (Wildman–Crippen LogP) is 4.03. The van der Waals surface area contributed by atoms with Crippen molar-refractivity contribution in [1.82, 2.24) is 25.3 Å². The Bertz CT molecular complexity index is 2310. The number of nitrogens with one attached hydrogen (secondary N) is 1. The van der Waals surface area contributed by atoms with Gasteiger partial charge in [-0.1, -0.05) is 11.6 Å². The van der Waals surface area contributed by atoms with Gasteiger partial charge in [-0.25, -0.2) is 4.39 Å². The van der Waals surface area contributed by atoms with E-state index in [0.29, 0.717) is 47.2 Å². The van der Waals surface area contributed by atoms with Crippen molar-refractivity contribution in [1.29, 1.82) is 5.26 Å². The van der Waals surface area contributed by atoms with Crippen LogP contribution in [0.1, 0.15) is 99.6 Å². The average Bonchev–Trinajstić information content (AvgIpc) is 3.87. The van der Waals surface area contributed by atoms with Gasteiger partial charge >= 0.3 is 0 Å². The summed E-state index contributed by atoms with van der Waals surface area (Å²) < 4.78 is 21.8. The number of ether oxygens (including phenoxy) is 1. The lowest BCUT2D eigenvalue weighted by atomic mass is 9.82. The molecule has 1 saturated carbocycles. The number of benzene rings is 2. The second-order valence-electron chi connectivity index (χ2n) is 17.1. The molecule has 3 N–H and O–H groups in total. The number of fused-ring (bicyclic) bond motifs is 2. The number of primary amides is 1. The third-order valence-electron chi connectivity index (χ3n) is 13.4. The monoisotopic (exact) mass is 837 g/mol. The summed E-state index contributed by atoms with van der Waals surface area (Å²) in [5.74, 6) is -1.03. The molecule has 3 atom stereocenters. The molecule has 5 aliphatic heterocycles. The highest BCUT2D eigenvalue weighted by Crippen LogP contribution is 2.40. The molecule has 9 rings (SSSR count). The molecule has 17 heteroatoms. The number of imide groups is 2. The summed E-state index contributed by atoms with van der Waals surface area (Å²) in [5.41, 5.74) is 7.53. The number of carbonyl (C=O) groups is 5. The largest absolute Gasteiger partial charge is 0.490 e. The van der Waals surface area contributed by atoms with E-state index >= 15 is 4.39 Å². The van der Waals surface area contributed by atoms with Crippen molar-refractivity contribution in [3.05, 3.63) is 75.2 Å². The average molecular weight is 838 g/mol. The second kappa shape index (κ2) is 16.1. The predicted molar refractivity (Wildman–Crippen MR) is 216 cm³/mol. The normalized spacial score (nSPS) is 25.9. The Hall–Kier alpha value is -5.66. The van der Waals surface area contributed by atoms with Gasteiger partial charge in [-0.05, 0) is 105 Å². The number of aromatic nitrogens is 2. The summed E-state index contributed by atoms with van der Waals surface area (Å²) in [6, 6.07) is 10.6. The maximum absolute atomic E-state index is 15.6. The van der Waals surface area contributed by atoms with E-state index in [4.69, 9.17) is 27.3 Å². The van der Waals surface area contributed by atoms with Crippen molar-refractivity contribution in [2.75, 3.05) is 55.6 Å². The number of halogens is 2. The summed E-state index contributed by atoms with van der Waals surface area (Å²) in [6.07, 6.45) is 5.16. The Labute approximate surface area is 350 Å². The van der Waals surface area contributed by atoms with Gasteiger partial charge in [0.05, 0.1) is 33.5 Å². The summed E-state index contributed by atoms with van der Waals surface area (Å²) in [7, 11) is 0. The van der Waals surface area contributed by atoms with Gasteiger partial charge in [-0.3, -0.25) is 34.2 Å². The summed E-state index contributed by atoms with van der Waals surface area (Å²) in [4.78, 5) is 70.7. The third-order valence-corrected chi connectivity index (χ3v) is 13.7. The second-order valence-corrected chi connectivity index (χ2v) is 17.5. The minimum absolute atomic E-state index is 0.0148. The zero-order chi connectivity index (χ0) is 41.8. The molecule has 15 nitrogen and oxygen atoms in total. The molecule has 0 spiro atoms. The molecule has 5 amide bonds. The van der Waals surface area contributed by atoms with Crippen molar-refractivity contribution in [3.63, 3.8) is 0 Å². The maximum Gasteiger partial charge on any atom is 0.269 e. The lowest BCUT2D eigenvalue weighted by Gasteiger charge is -2.35. The minimum Gasteiger partial charge on any atom is -0.490 e. The van der Waals surface area contributed by atoms with Gasteiger partial charge < -0.3 is 25.2 Å². The number of nitriles is 1. The van der Waals surface area contributed by atoms with E-state index in [9.17, 15) is 24.0 Å². The fourth-order valence-corrected chi connectivity index (χ4v) is 10.5. The Kier molecular flexibility index (Phi) is 10.7. The van der Waals surface area contributed by atoms with E-state index in [-0.39, 0.29) is 47.4 Å². The number of hydrogen-bond donors (Lipinski definition) is 2. The topological polar surface area (TPSA) is 195 Å². The van der Waals surface area contributed by atoms with E-state index in [2.05, 4.69) is 31.4 Å². The summed E-state index contributed by atoms with van der Waals surface area (Å²) >= 11 is 6.20. The molecule has 0 radical (unpaired) electrons. The van der Waals surface area contributed by atoms with E-state index in [1.165, 1.54) is 6.07 Å². The van der Waals surface area contributed by atoms with Gasteiger partial charge in [-0.2, -0.15) is 5.26 Å². The highest BCUT2D eigenvalue weighted by atomic mass is 35.5. The van der Waals surface area contributed by atoms with Gasteiger partial charge in [0.1, 0.15) is 23.7 Å². The molecule has 2 aromatic carbocycles. The quantitative estimate of drug-likeness (QED) is 0.295. The first-order valence-electron chi connectivity index (χ1n) is 20.7. The van der Waals surface area contributed by atoms with Crippen LogP contribution in [0.25, 0.3) is 0 Å². The first-order chi connectivity index (χ1) is 28.9. The van der Waals surface area contributed by atoms with Crippen LogP contribution in [0.4, 0.5) is 15.9 Å². The molecule has 3 aromatic rings. The Balaban J connectivity index is 0.769. The summed E-state index contributed by atoms with van der Waals surface area (Å²) in [6.45, 7) is 5.67. The van der Waals surface area contributed by atoms with Gasteiger partial charge in [0.25, 0.3) is 17.7 Å². The van der Waals surface area contributed by atoms with Crippen LogP contribution in [-0.4, -0.2) is 107 Å². The molecular formula is C43H45ClFN9O6. The van der Waals surface area contributed by atoms with Gasteiger partial charge in [0.15, 0.2) is 11.5 Å². The molecule has 5 fully saturated rings. The standard InChI is InChI=1S/C43H45ClFN9O6/c44-33-13-29(6-3-25(33)17-46)60-28-4-1-24(2-5-28)30-16-37(49-50-39(30)40(47)56)52-11-9-23(10-12-52)18-51-19-26-21-53(22-27(26)20-51)36-15-32-31(14-34(36)45)42(58)54(43(32)59)35-7-8-38(55)48-41(35)57/h3,6,13-16,23-24,26-28,35H,1-2,4-5,7-12,18-22H2,(H2,47,56)(H,48,55,57). The molecule has 312 valence electrons. The molecule has 4 saturated heterocycles. The zero-order valence-corrected chi connectivity index (χ0v) is 33.7. The molecule has 1 aliphatic carbocycles. The Morgan fingerprint density at radius 2 is 1.60 bits per heavy atom. The van der Waals surface area contributed by atoms with Crippen LogP contribution in [0.3, 0.4) is 0 Å². The number of amides is 5. The molecular weight excluding hydrogens is 793 g/mol. The number of nitrogens with two attached hydrogens (primary N) is 1. The third kappa shape index (κ3) is 7.53. The first kappa shape index (κ1) is 39.8.